The number of nitrogens with zero attached hydrogens (tertiary/aromatic N) is 2. The van der Waals surface area contributed by atoms with Crippen molar-refractivity contribution in [1.82, 2.24) is 19.9 Å². The Morgan fingerprint density at radius 1 is 1.22 bits per heavy atom. The van der Waals surface area contributed by atoms with Gasteiger partial charge in [0.2, 0.25) is 0 Å². The number of carbonyl (C=O) groups is 1. The van der Waals surface area contributed by atoms with Gasteiger partial charge in [-0.25, -0.2) is 9.37 Å². The number of halogens is 1. The Kier molecular flexibility index (Phi) is 4.24. The van der Waals surface area contributed by atoms with Crippen LogP contribution in [0.4, 0.5) is 4.39 Å². The molecule has 0 saturated heterocycles. The molecule has 6 heteroatoms. The van der Waals surface area contributed by atoms with Crippen LogP contribution in [0.15, 0.2) is 55.1 Å². The maximum atomic E-state index is 14.3. The van der Waals surface area contributed by atoms with Crippen LogP contribution in [-0.4, -0.2) is 20.4 Å². The quantitative estimate of drug-likeness (QED) is 0.575. The smallest absolute Gasteiger partial charge is 0.267 e. The van der Waals surface area contributed by atoms with Crippen molar-refractivity contribution in [1.29, 1.82) is 0 Å². The van der Waals surface area contributed by atoms with E-state index in [0.717, 1.165) is 22.0 Å². The number of fused-ring (bicyclic) bond motifs is 1. The summed E-state index contributed by atoms with van der Waals surface area (Å²) in [4.78, 5) is 19.6. The first kappa shape index (κ1) is 17.0. The minimum absolute atomic E-state index is 0.220. The van der Waals surface area contributed by atoms with Gasteiger partial charge in [-0.15, -0.1) is 0 Å². The maximum absolute atomic E-state index is 14.3. The molecule has 0 saturated carbocycles. The fourth-order valence-corrected chi connectivity index (χ4v) is 3.27. The standard InChI is InChI=1S/C21H19FN4O/c1-13-7-14(2)16-10-19(25-18(16)8-13)21(27)24-11-15-3-4-20(17(22)9-15)26-6-5-23-12-26/h3-10,12,25H,11H2,1-2H3,(H,24,27). The molecule has 2 N–H and O–H groups in total. The average Bonchev–Trinajstić information content (AvgIpc) is 3.29. The van der Waals surface area contributed by atoms with Crippen molar-refractivity contribution >= 4 is 16.8 Å². The molecule has 4 rings (SSSR count). The maximum Gasteiger partial charge on any atom is 0.267 e. The van der Waals surface area contributed by atoms with Crippen LogP contribution < -0.4 is 5.32 Å². The predicted octanol–water partition coefficient (Wildman–Crippen LogP) is 4.04. The number of nitrogens with one attached hydrogen (secondary N) is 2. The number of benzene rings is 2. The highest BCUT2D eigenvalue weighted by atomic mass is 19.1. The Morgan fingerprint density at radius 2 is 2.07 bits per heavy atom. The molecule has 0 fully saturated rings. The number of carbonyl (C=O) groups excluding carboxylic acids is 1. The van der Waals surface area contributed by atoms with Crippen molar-refractivity contribution in [2.45, 2.75) is 20.4 Å². The second kappa shape index (κ2) is 6.72. The third-order valence-electron chi connectivity index (χ3n) is 4.58. The minimum atomic E-state index is -0.364. The van der Waals surface area contributed by atoms with Crippen LogP contribution in [0.1, 0.15) is 27.2 Å². The van der Waals surface area contributed by atoms with Crippen LogP contribution >= 0.6 is 0 Å². The molecule has 0 atom stereocenters. The Labute approximate surface area is 155 Å². The van der Waals surface area contributed by atoms with Crippen molar-refractivity contribution in [2.75, 3.05) is 0 Å². The molecule has 0 aliphatic heterocycles. The number of aromatic amines is 1. The lowest BCUT2D eigenvalue weighted by Gasteiger charge is -2.08. The molecule has 0 aliphatic carbocycles. The van der Waals surface area contributed by atoms with Gasteiger partial charge in [0.05, 0.1) is 12.0 Å². The zero-order valence-corrected chi connectivity index (χ0v) is 15.1. The Balaban J connectivity index is 1.49. The average molecular weight is 362 g/mol. The fraction of sp³-hybridized carbons (Fsp3) is 0.143. The summed E-state index contributed by atoms with van der Waals surface area (Å²) in [6, 6.07) is 10.8. The van der Waals surface area contributed by atoms with E-state index in [2.05, 4.69) is 21.4 Å². The van der Waals surface area contributed by atoms with Crippen molar-refractivity contribution in [3.05, 3.63) is 83.3 Å². The largest absolute Gasteiger partial charge is 0.351 e. The summed E-state index contributed by atoms with van der Waals surface area (Å²) in [6.45, 7) is 4.29. The van der Waals surface area contributed by atoms with Gasteiger partial charge < -0.3 is 14.9 Å². The molecule has 1 amide bonds. The number of amides is 1. The lowest BCUT2D eigenvalue weighted by atomic mass is 10.1. The summed E-state index contributed by atoms with van der Waals surface area (Å²) in [5, 5.41) is 3.86. The first-order valence-corrected chi connectivity index (χ1v) is 8.66. The molecule has 0 unspecified atom stereocenters. The number of hydrogen-bond acceptors (Lipinski definition) is 2. The van der Waals surface area contributed by atoms with Gasteiger partial charge in [0.25, 0.3) is 5.91 Å². The Bertz CT molecular complexity index is 1130. The van der Waals surface area contributed by atoms with Gasteiger partial charge in [0, 0.05) is 29.8 Å². The molecule has 4 aromatic rings. The number of imidazole rings is 1. The first-order valence-electron chi connectivity index (χ1n) is 8.66. The van der Waals surface area contributed by atoms with E-state index in [1.807, 2.05) is 26.0 Å². The summed E-state index contributed by atoms with van der Waals surface area (Å²) in [5.74, 6) is -0.584. The molecule has 0 spiro atoms. The summed E-state index contributed by atoms with van der Waals surface area (Å²) in [5.41, 5.74) is 4.80. The molecule has 27 heavy (non-hydrogen) atoms. The zero-order valence-electron chi connectivity index (χ0n) is 15.1. The zero-order chi connectivity index (χ0) is 19.0. The number of aromatic nitrogens is 3. The SMILES string of the molecule is Cc1cc(C)c2cc(C(=O)NCc3ccc(-n4ccnc4)c(F)c3)[nH]c2c1. The van der Waals surface area contributed by atoms with E-state index in [0.29, 0.717) is 16.9 Å². The first-order chi connectivity index (χ1) is 13.0. The number of rotatable bonds is 4. The van der Waals surface area contributed by atoms with Crippen LogP contribution in [0.3, 0.4) is 0 Å². The Hall–Kier alpha value is -3.41. The molecule has 0 aliphatic rings. The number of hydrogen-bond donors (Lipinski definition) is 2. The van der Waals surface area contributed by atoms with Gasteiger partial charge in [-0.2, -0.15) is 0 Å². The highest BCUT2D eigenvalue weighted by molar-refractivity contribution is 5.98. The molecule has 2 heterocycles. The van der Waals surface area contributed by atoms with Crippen LogP contribution in [0.2, 0.25) is 0 Å². The van der Waals surface area contributed by atoms with Gasteiger partial charge in [-0.3, -0.25) is 4.79 Å². The molecule has 136 valence electrons. The number of aryl methyl sites for hydroxylation is 2. The van der Waals surface area contributed by atoms with Crippen LogP contribution in [0.25, 0.3) is 16.6 Å². The van der Waals surface area contributed by atoms with Crippen molar-refractivity contribution in [3.8, 4) is 5.69 Å². The van der Waals surface area contributed by atoms with Gasteiger partial charge in [-0.05, 0) is 54.8 Å². The van der Waals surface area contributed by atoms with Crippen LogP contribution in [0.5, 0.6) is 0 Å². The second-order valence-corrected chi connectivity index (χ2v) is 6.66. The van der Waals surface area contributed by atoms with E-state index in [1.165, 1.54) is 6.07 Å². The van der Waals surface area contributed by atoms with Crippen molar-refractivity contribution < 1.29 is 9.18 Å². The lowest BCUT2D eigenvalue weighted by Crippen LogP contribution is -2.23. The van der Waals surface area contributed by atoms with E-state index in [-0.39, 0.29) is 18.3 Å². The summed E-state index contributed by atoms with van der Waals surface area (Å²) >= 11 is 0. The molecule has 0 bridgehead atoms. The van der Waals surface area contributed by atoms with E-state index in [4.69, 9.17) is 0 Å². The summed E-state index contributed by atoms with van der Waals surface area (Å²) < 4.78 is 15.9. The minimum Gasteiger partial charge on any atom is -0.351 e. The third kappa shape index (κ3) is 3.33. The van der Waals surface area contributed by atoms with Crippen molar-refractivity contribution in [3.63, 3.8) is 0 Å². The summed E-state index contributed by atoms with van der Waals surface area (Å²) in [7, 11) is 0. The van der Waals surface area contributed by atoms with E-state index in [1.54, 1.807) is 35.4 Å². The highest BCUT2D eigenvalue weighted by Gasteiger charge is 2.12. The lowest BCUT2D eigenvalue weighted by molar-refractivity contribution is 0.0946. The monoisotopic (exact) mass is 362 g/mol. The topological polar surface area (TPSA) is 62.7 Å². The van der Waals surface area contributed by atoms with Gasteiger partial charge >= 0.3 is 0 Å². The van der Waals surface area contributed by atoms with E-state index < -0.39 is 0 Å². The van der Waals surface area contributed by atoms with Crippen LogP contribution in [0, 0.1) is 19.7 Å². The van der Waals surface area contributed by atoms with E-state index in [9.17, 15) is 9.18 Å². The molecular weight excluding hydrogens is 343 g/mol. The molecular formula is C21H19FN4O. The Morgan fingerprint density at radius 3 is 2.81 bits per heavy atom. The van der Waals surface area contributed by atoms with Gasteiger partial charge in [-0.1, -0.05) is 12.1 Å². The second-order valence-electron chi connectivity index (χ2n) is 6.66. The van der Waals surface area contributed by atoms with Crippen molar-refractivity contribution in [2.24, 2.45) is 0 Å². The van der Waals surface area contributed by atoms with Gasteiger partial charge in [0.15, 0.2) is 0 Å². The highest BCUT2D eigenvalue weighted by Crippen LogP contribution is 2.21. The summed E-state index contributed by atoms with van der Waals surface area (Å²) in [6.07, 6.45) is 4.82. The van der Waals surface area contributed by atoms with Crippen LogP contribution in [-0.2, 0) is 6.54 Å². The molecule has 2 aromatic heterocycles. The molecule has 5 nitrogen and oxygen atoms in total. The van der Waals surface area contributed by atoms with E-state index >= 15 is 0 Å². The third-order valence-corrected chi connectivity index (χ3v) is 4.58. The molecule has 0 radical (unpaired) electrons. The molecule has 2 aromatic carbocycles. The fourth-order valence-electron chi connectivity index (χ4n) is 3.27. The number of H-pyrrole nitrogens is 1. The predicted molar refractivity (Wildman–Crippen MR) is 102 cm³/mol. The normalized spacial score (nSPS) is 11.1. The van der Waals surface area contributed by atoms with Gasteiger partial charge in [0.1, 0.15) is 11.5 Å².